The monoisotopic (exact) mass is 483 g/mol. The van der Waals surface area contributed by atoms with Gasteiger partial charge in [0.15, 0.2) is 0 Å². The summed E-state index contributed by atoms with van der Waals surface area (Å²) < 4.78 is 0. The molecule has 5 heteroatoms. The molecule has 0 fully saturated rings. The van der Waals surface area contributed by atoms with Crippen LogP contribution in [0.4, 0.5) is 0 Å². The van der Waals surface area contributed by atoms with Crippen LogP contribution < -0.4 is 10.2 Å². The molecule has 4 nitrogen and oxygen atoms in total. The molecule has 0 aliphatic carbocycles. The summed E-state index contributed by atoms with van der Waals surface area (Å²) in [7, 11) is 0. The molecule has 0 radical (unpaired) electrons. The molecule has 0 amide bonds. The third kappa shape index (κ3) is 3.85. The van der Waals surface area contributed by atoms with Crippen LogP contribution in [-0.4, -0.2) is 9.97 Å². The molecular weight excluding hydrogens is 471 g/mol. The first-order valence-corrected chi connectivity index (χ1v) is 6.77. The molecule has 0 spiro atoms. The van der Waals surface area contributed by atoms with Crippen molar-refractivity contribution in [2.75, 3.05) is 0 Å². The second-order valence-electron chi connectivity index (χ2n) is 4.66. The molecule has 2 aromatic carbocycles. The topological polar surface area (TPSA) is 71.9 Å². The average molecular weight is 483 g/mol. The summed E-state index contributed by atoms with van der Waals surface area (Å²) in [4.78, 5) is 8.69. The minimum absolute atomic E-state index is 0. The molecule has 2 heterocycles. The van der Waals surface area contributed by atoms with Crippen molar-refractivity contribution in [3.8, 4) is 11.5 Å². The molecule has 4 rings (SSSR count). The van der Waals surface area contributed by atoms with E-state index in [1.165, 1.54) is 12.1 Å². The number of pyridine rings is 2. The van der Waals surface area contributed by atoms with Gasteiger partial charge in [0, 0.05) is 23.2 Å². The fourth-order valence-electron chi connectivity index (χ4n) is 2.13. The van der Waals surface area contributed by atoms with Gasteiger partial charge < -0.3 is 10.2 Å². The van der Waals surface area contributed by atoms with Gasteiger partial charge in [0.25, 0.3) is 0 Å². The molecule has 0 unspecified atom stereocenters. The van der Waals surface area contributed by atoms with Gasteiger partial charge in [-0.05, 0) is 12.1 Å². The summed E-state index contributed by atoms with van der Waals surface area (Å²) in [5.74, 6) is -0.875. The largest absolute Gasteiger partial charge is 2.00 e. The Morgan fingerprint density at radius 1 is 0.565 bits per heavy atom. The van der Waals surface area contributed by atoms with E-state index in [4.69, 9.17) is 0 Å². The number of hydrogen-bond donors (Lipinski definition) is 0. The number of benzene rings is 2. The van der Waals surface area contributed by atoms with Crippen LogP contribution in [0.2, 0.25) is 0 Å². The van der Waals surface area contributed by atoms with Crippen molar-refractivity contribution >= 4 is 21.8 Å². The number of nitrogens with zero attached hydrogens (tertiary/aromatic N) is 2. The van der Waals surface area contributed by atoms with Gasteiger partial charge in [-0.2, -0.15) is 0 Å². The zero-order chi connectivity index (χ0) is 15.4. The number of para-hydroxylation sites is 2. The number of aromatic nitrogens is 2. The Hall–Kier alpha value is -2.45. The van der Waals surface area contributed by atoms with Crippen molar-refractivity contribution in [1.29, 1.82) is 0 Å². The summed E-state index contributed by atoms with van der Waals surface area (Å²) >= 11 is 0. The Labute approximate surface area is 147 Å². The maximum atomic E-state index is 10.3. The zero-order valence-corrected chi connectivity index (χ0v) is 14.2. The van der Waals surface area contributed by atoms with Gasteiger partial charge in [0.05, 0.1) is 11.0 Å². The van der Waals surface area contributed by atoms with Gasteiger partial charge in [-0.15, -0.1) is 11.5 Å². The molecule has 0 aliphatic rings. The number of rotatable bonds is 0. The standard InChI is InChI=1S/C12H8N2.C6H6O2.Pt/c1-3-9-5-6-10-4-2-8-14-12(10)11(9)13-7-1;7-5-3-1-2-4-6(5)8;/h1-8H;1-4,7-8H;/q;;+2/p-2. The maximum Gasteiger partial charge on any atom is 2.00 e. The molecule has 0 aliphatic heterocycles. The van der Waals surface area contributed by atoms with E-state index in [-0.39, 0.29) is 21.1 Å². The van der Waals surface area contributed by atoms with E-state index in [0.717, 1.165) is 21.8 Å². The number of fused-ring (bicyclic) bond motifs is 3. The van der Waals surface area contributed by atoms with E-state index in [1.807, 2.05) is 12.1 Å². The predicted octanol–water partition coefficient (Wildman–Crippen LogP) is 2.61. The first kappa shape index (κ1) is 16.9. The summed E-state index contributed by atoms with van der Waals surface area (Å²) in [6.07, 6.45) is 3.60. The van der Waals surface area contributed by atoms with Crippen LogP contribution in [0.3, 0.4) is 0 Å². The van der Waals surface area contributed by atoms with Gasteiger partial charge in [-0.25, -0.2) is 0 Å². The maximum absolute atomic E-state index is 10.3. The van der Waals surface area contributed by atoms with Crippen molar-refractivity contribution < 1.29 is 31.3 Å². The van der Waals surface area contributed by atoms with E-state index in [2.05, 4.69) is 34.2 Å². The summed E-state index contributed by atoms with van der Waals surface area (Å²) in [6, 6.07) is 17.7. The van der Waals surface area contributed by atoms with E-state index < -0.39 is 11.5 Å². The Morgan fingerprint density at radius 3 is 1.39 bits per heavy atom. The average Bonchev–Trinajstić information content (AvgIpc) is 2.58. The Kier molecular flexibility index (Phi) is 5.66. The Bertz CT molecular complexity index is 853. The first-order valence-electron chi connectivity index (χ1n) is 6.77. The Morgan fingerprint density at radius 2 is 1.00 bits per heavy atom. The summed E-state index contributed by atoms with van der Waals surface area (Å²) in [5, 5.41) is 22.9. The van der Waals surface area contributed by atoms with Gasteiger partial charge in [-0.1, -0.05) is 48.5 Å². The quantitative estimate of drug-likeness (QED) is 0.361. The van der Waals surface area contributed by atoms with Crippen LogP contribution in [0.1, 0.15) is 0 Å². The molecule has 0 N–H and O–H groups in total. The molecule has 0 saturated carbocycles. The fourth-order valence-corrected chi connectivity index (χ4v) is 2.13. The van der Waals surface area contributed by atoms with Gasteiger partial charge in [0.2, 0.25) is 0 Å². The van der Waals surface area contributed by atoms with Crippen LogP contribution in [-0.2, 0) is 21.1 Å². The zero-order valence-electron chi connectivity index (χ0n) is 12.0. The van der Waals surface area contributed by atoms with E-state index in [0.29, 0.717) is 0 Å². The van der Waals surface area contributed by atoms with Crippen molar-refractivity contribution in [3.05, 3.63) is 73.1 Å². The Balaban J connectivity index is 0.000000185. The molecule has 0 bridgehead atoms. The molecule has 116 valence electrons. The van der Waals surface area contributed by atoms with Gasteiger partial charge >= 0.3 is 21.1 Å². The molecule has 23 heavy (non-hydrogen) atoms. The normalized spacial score (nSPS) is 9.74. The van der Waals surface area contributed by atoms with Crippen molar-refractivity contribution in [1.82, 2.24) is 9.97 Å². The molecule has 2 aromatic heterocycles. The third-order valence-corrected chi connectivity index (χ3v) is 3.19. The minimum atomic E-state index is -0.437. The van der Waals surface area contributed by atoms with Gasteiger partial charge in [0.1, 0.15) is 0 Å². The van der Waals surface area contributed by atoms with E-state index in [1.54, 1.807) is 24.5 Å². The number of hydrogen-bond acceptors (Lipinski definition) is 4. The second-order valence-corrected chi connectivity index (χ2v) is 4.66. The smallest absolute Gasteiger partial charge is 0.873 e. The molecular formula is C18H12N2O2Pt. The van der Waals surface area contributed by atoms with Crippen molar-refractivity contribution in [3.63, 3.8) is 0 Å². The van der Waals surface area contributed by atoms with Crippen molar-refractivity contribution in [2.24, 2.45) is 0 Å². The van der Waals surface area contributed by atoms with Crippen molar-refractivity contribution in [2.45, 2.75) is 0 Å². The first-order chi connectivity index (χ1) is 10.8. The van der Waals surface area contributed by atoms with E-state index in [9.17, 15) is 10.2 Å². The van der Waals surface area contributed by atoms with Crippen LogP contribution in [0.25, 0.3) is 21.8 Å². The van der Waals surface area contributed by atoms with E-state index >= 15 is 0 Å². The summed E-state index contributed by atoms with van der Waals surface area (Å²) in [6.45, 7) is 0. The van der Waals surface area contributed by atoms with Gasteiger partial charge in [-0.3, -0.25) is 9.97 Å². The van der Waals surface area contributed by atoms with Crippen LogP contribution in [0.15, 0.2) is 73.1 Å². The van der Waals surface area contributed by atoms with Crippen LogP contribution in [0.5, 0.6) is 11.5 Å². The second kappa shape index (κ2) is 7.70. The van der Waals surface area contributed by atoms with Crippen LogP contribution >= 0.6 is 0 Å². The fraction of sp³-hybridized carbons (Fsp3) is 0. The third-order valence-electron chi connectivity index (χ3n) is 3.19. The molecule has 0 saturated heterocycles. The molecule has 4 aromatic rings. The summed E-state index contributed by atoms with van der Waals surface area (Å²) in [5.41, 5.74) is 1.95. The SMILES string of the molecule is [O-]c1ccccc1[O-].[Pt+2].c1cnc2c(c1)ccc1cccnc12. The van der Waals surface area contributed by atoms with Crippen LogP contribution in [0, 0.1) is 0 Å². The predicted molar refractivity (Wildman–Crippen MR) is 82.4 cm³/mol. The minimum Gasteiger partial charge on any atom is -0.873 e. The molecule has 0 atom stereocenters.